The van der Waals surface area contributed by atoms with Crippen molar-refractivity contribution in [1.29, 1.82) is 0 Å². The van der Waals surface area contributed by atoms with E-state index in [1.54, 1.807) is 60.7 Å². The molecule has 1 atom stereocenters. The number of aromatic amines is 1. The Hall–Kier alpha value is -5.95. The number of hydrogen-bond donors (Lipinski definition) is 3. The van der Waals surface area contributed by atoms with E-state index in [0.717, 1.165) is 5.56 Å². The average molecular weight is 581 g/mol. The van der Waals surface area contributed by atoms with E-state index in [1.165, 1.54) is 28.8 Å². The first-order valence-corrected chi connectivity index (χ1v) is 14.0. The van der Waals surface area contributed by atoms with Crippen LogP contribution in [-0.4, -0.2) is 19.8 Å². The molecular weight excluding hydrogens is 555 g/mol. The Morgan fingerprint density at radius 2 is 1.25 bits per heavy atom. The second-order valence-electron chi connectivity index (χ2n) is 10.6. The zero-order valence-corrected chi connectivity index (χ0v) is 23.2. The third-order valence-corrected chi connectivity index (χ3v) is 8.03. The van der Waals surface area contributed by atoms with E-state index >= 15 is 0 Å². The van der Waals surface area contributed by atoms with Crippen molar-refractivity contribution in [3.63, 3.8) is 0 Å². The van der Waals surface area contributed by atoms with E-state index in [0.29, 0.717) is 38.6 Å². The third kappa shape index (κ3) is 4.34. The molecule has 3 N–H and O–H groups in total. The molecule has 0 spiro atoms. The zero-order valence-electron chi connectivity index (χ0n) is 23.2. The standard InChI is InChI=1S/C37H25FN2O4/c38-24-20-18-23(19-21-24)30(31-35(42)28-16-9-15-26(33(28)39-36(31)43)22-10-3-1-4-11-22)32-34(41)27-14-7-8-17-29(27)40(37(32)44)25-12-5-2-6-13-25/h1-21,30,41H,(H2,39,42,43). The molecule has 0 aliphatic rings. The van der Waals surface area contributed by atoms with Crippen LogP contribution in [0.4, 0.5) is 4.39 Å². The lowest BCUT2D eigenvalue weighted by Gasteiger charge is -2.23. The predicted molar refractivity (Wildman–Crippen MR) is 170 cm³/mol. The van der Waals surface area contributed by atoms with Gasteiger partial charge in [0.05, 0.1) is 28.1 Å². The average Bonchev–Trinajstić information content (AvgIpc) is 3.05. The molecule has 0 aliphatic heterocycles. The highest BCUT2D eigenvalue weighted by Gasteiger charge is 2.32. The summed E-state index contributed by atoms with van der Waals surface area (Å²) in [6, 6.07) is 36.0. The Labute approximate surface area is 250 Å². The van der Waals surface area contributed by atoms with Gasteiger partial charge in [0.15, 0.2) is 0 Å². The van der Waals surface area contributed by atoms with Crippen LogP contribution in [0.3, 0.4) is 0 Å². The summed E-state index contributed by atoms with van der Waals surface area (Å²) < 4.78 is 15.6. The van der Waals surface area contributed by atoms with Crippen LogP contribution in [0.15, 0.2) is 137 Å². The van der Waals surface area contributed by atoms with E-state index in [4.69, 9.17) is 0 Å². The fourth-order valence-corrected chi connectivity index (χ4v) is 6.02. The largest absolute Gasteiger partial charge is 0.507 e. The van der Waals surface area contributed by atoms with Gasteiger partial charge in [-0.05, 0) is 53.6 Å². The molecule has 5 aromatic carbocycles. The highest BCUT2D eigenvalue weighted by atomic mass is 19.1. The highest BCUT2D eigenvalue weighted by molar-refractivity contribution is 5.97. The molecule has 1 unspecified atom stereocenters. The minimum absolute atomic E-state index is 0.126. The fraction of sp³-hybridized carbons (Fsp3) is 0.0270. The number of rotatable bonds is 5. The van der Waals surface area contributed by atoms with Crippen molar-refractivity contribution in [1.82, 2.24) is 9.55 Å². The molecule has 0 radical (unpaired) electrons. The maximum absolute atomic E-state index is 14.5. The normalized spacial score (nSPS) is 12.0. The number of aromatic nitrogens is 2. The summed E-state index contributed by atoms with van der Waals surface area (Å²) in [5, 5.41) is 24.3. The molecule has 6 nitrogen and oxygen atoms in total. The Morgan fingerprint density at radius 3 is 1.98 bits per heavy atom. The SMILES string of the molecule is O=c1[nH]c2c(-c3ccccc3)cccc2c(O)c1C(c1ccc(F)cc1)c1c(O)c2ccccc2n(-c2ccccc2)c1=O. The number of pyridine rings is 2. The van der Waals surface area contributed by atoms with Crippen LogP contribution in [0, 0.1) is 5.82 Å². The fourth-order valence-electron chi connectivity index (χ4n) is 6.02. The van der Waals surface area contributed by atoms with Gasteiger partial charge in [0, 0.05) is 22.0 Å². The summed E-state index contributed by atoms with van der Waals surface area (Å²) in [5.41, 5.74) is 1.83. The molecule has 7 heteroatoms. The molecule has 2 aromatic heterocycles. The van der Waals surface area contributed by atoms with Gasteiger partial charge in [-0.1, -0.05) is 84.9 Å². The van der Waals surface area contributed by atoms with Crippen LogP contribution < -0.4 is 11.1 Å². The number of para-hydroxylation sites is 3. The Morgan fingerprint density at radius 1 is 0.636 bits per heavy atom. The van der Waals surface area contributed by atoms with Crippen molar-refractivity contribution in [3.05, 3.63) is 171 Å². The summed E-state index contributed by atoms with van der Waals surface area (Å²) in [6.45, 7) is 0. The van der Waals surface area contributed by atoms with Gasteiger partial charge in [0.2, 0.25) is 0 Å². The number of fused-ring (bicyclic) bond motifs is 2. The zero-order chi connectivity index (χ0) is 30.4. The summed E-state index contributed by atoms with van der Waals surface area (Å²) in [4.78, 5) is 31.5. The number of halogens is 1. The molecule has 214 valence electrons. The molecule has 0 bridgehead atoms. The summed E-state index contributed by atoms with van der Waals surface area (Å²) in [7, 11) is 0. The van der Waals surface area contributed by atoms with Gasteiger partial charge in [-0.3, -0.25) is 14.2 Å². The monoisotopic (exact) mass is 580 g/mol. The van der Waals surface area contributed by atoms with E-state index in [9.17, 15) is 24.2 Å². The van der Waals surface area contributed by atoms with E-state index < -0.39 is 22.9 Å². The van der Waals surface area contributed by atoms with Crippen molar-refractivity contribution in [2.45, 2.75) is 5.92 Å². The summed E-state index contributed by atoms with van der Waals surface area (Å²) in [6.07, 6.45) is 0. The molecule has 7 aromatic rings. The Kier molecular flexibility index (Phi) is 6.55. The van der Waals surface area contributed by atoms with Crippen LogP contribution >= 0.6 is 0 Å². The molecule has 2 heterocycles. The molecule has 0 saturated heterocycles. The van der Waals surface area contributed by atoms with Crippen molar-refractivity contribution in [2.75, 3.05) is 0 Å². The molecule has 0 saturated carbocycles. The first-order chi connectivity index (χ1) is 21.4. The topological polar surface area (TPSA) is 95.3 Å². The number of H-pyrrole nitrogens is 1. The molecule has 0 fully saturated rings. The minimum Gasteiger partial charge on any atom is -0.507 e. The van der Waals surface area contributed by atoms with Gasteiger partial charge in [-0.25, -0.2) is 4.39 Å². The van der Waals surface area contributed by atoms with E-state index in [-0.39, 0.29) is 22.6 Å². The lowest BCUT2D eigenvalue weighted by Crippen LogP contribution is -2.28. The molecule has 0 aliphatic carbocycles. The van der Waals surface area contributed by atoms with Crippen LogP contribution in [0.25, 0.3) is 38.6 Å². The van der Waals surface area contributed by atoms with Crippen LogP contribution in [0.5, 0.6) is 11.5 Å². The number of aromatic hydroxyl groups is 2. The van der Waals surface area contributed by atoms with Crippen LogP contribution in [-0.2, 0) is 0 Å². The maximum atomic E-state index is 14.5. The van der Waals surface area contributed by atoms with Gasteiger partial charge in [-0.2, -0.15) is 0 Å². The van der Waals surface area contributed by atoms with Crippen LogP contribution in [0.2, 0.25) is 0 Å². The lowest BCUT2D eigenvalue weighted by molar-refractivity contribution is 0.462. The first kappa shape index (κ1) is 26.9. The summed E-state index contributed by atoms with van der Waals surface area (Å²) >= 11 is 0. The van der Waals surface area contributed by atoms with Gasteiger partial charge in [-0.15, -0.1) is 0 Å². The number of nitrogens with zero attached hydrogens (tertiary/aromatic N) is 1. The Balaban J connectivity index is 1.59. The molecular formula is C37H25FN2O4. The Bertz CT molecular complexity index is 2290. The number of benzene rings is 5. The molecule has 44 heavy (non-hydrogen) atoms. The predicted octanol–water partition coefficient (Wildman–Crippen LogP) is 7.23. The van der Waals surface area contributed by atoms with Gasteiger partial charge in [0.25, 0.3) is 11.1 Å². The van der Waals surface area contributed by atoms with Crippen molar-refractivity contribution in [3.8, 4) is 28.3 Å². The summed E-state index contributed by atoms with van der Waals surface area (Å²) in [5.74, 6) is -2.43. The minimum atomic E-state index is -1.25. The quantitative estimate of drug-likeness (QED) is 0.200. The van der Waals surface area contributed by atoms with Gasteiger partial charge >= 0.3 is 0 Å². The second kappa shape index (κ2) is 10.7. The van der Waals surface area contributed by atoms with Gasteiger partial charge in [0.1, 0.15) is 17.3 Å². The second-order valence-corrected chi connectivity index (χ2v) is 10.6. The highest BCUT2D eigenvalue weighted by Crippen LogP contribution is 2.43. The first-order valence-electron chi connectivity index (χ1n) is 14.0. The smallest absolute Gasteiger partial charge is 0.263 e. The van der Waals surface area contributed by atoms with E-state index in [1.807, 2.05) is 42.5 Å². The third-order valence-electron chi connectivity index (χ3n) is 8.03. The number of nitrogens with one attached hydrogen (secondary N) is 1. The van der Waals surface area contributed by atoms with Crippen molar-refractivity contribution in [2.24, 2.45) is 0 Å². The van der Waals surface area contributed by atoms with Crippen LogP contribution in [0.1, 0.15) is 22.6 Å². The maximum Gasteiger partial charge on any atom is 0.263 e. The van der Waals surface area contributed by atoms with Crippen molar-refractivity contribution >= 4 is 21.8 Å². The van der Waals surface area contributed by atoms with Crippen molar-refractivity contribution < 1.29 is 14.6 Å². The lowest BCUT2D eigenvalue weighted by atomic mass is 9.83. The van der Waals surface area contributed by atoms with E-state index in [2.05, 4.69) is 4.98 Å². The molecule has 7 rings (SSSR count). The number of hydrogen-bond acceptors (Lipinski definition) is 4. The molecule has 0 amide bonds. The van der Waals surface area contributed by atoms with Gasteiger partial charge < -0.3 is 15.2 Å².